The molecule has 0 saturated heterocycles. The van der Waals surface area contributed by atoms with Crippen molar-refractivity contribution >= 4 is 21.7 Å². The SMILES string of the molecule is CC(C)c1cc(NC(C)C(C)CBr)ncn1. The first kappa shape index (κ1) is 13.4. The smallest absolute Gasteiger partial charge is 0.129 e. The van der Waals surface area contributed by atoms with Crippen LogP contribution in [0.15, 0.2) is 12.4 Å². The molecular weight excluding hydrogens is 266 g/mol. The number of rotatable bonds is 5. The van der Waals surface area contributed by atoms with E-state index < -0.39 is 0 Å². The summed E-state index contributed by atoms with van der Waals surface area (Å²) >= 11 is 3.49. The lowest BCUT2D eigenvalue weighted by atomic mass is 10.1. The number of aromatic nitrogens is 2. The minimum Gasteiger partial charge on any atom is -0.367 e. The van der Waals surface area contributed by atoms with E-state index in [0.717, 1.165) is 16.8 Å². The molecule has 16 heavy (non-hydrogen) atoms. The molecule has 4 heteroatoms. The second kappa shape index (κ2) is 6.18. The van der Waals surface area contributed by atoms with Gasteiger partial charge in [-0.1, -0.05) is 36.7 Å². The van der Waals surface area contributed by atoms with Crippen LogP contribution in [0, 0.1) is 5.92 Å². The van der Waals surface area contributed by atoms with Gasteiger partial charge in [0.25, 0.3) is 0 Å². The van der Waals surface area contributed by atoms with E-state index in [1.165, 1.54) is 0 Å². The molecule has 1 heterocycles. The maximum Gasteiger partial charge on any atom is 0.129 e. The van der Waals surface area contributed by atoms with E-state index in [2.05, 4.69) is 58.9 Å². The summed E-state index contributed by atoms with van der Waals surface area (Å²) in [5, 5.41) is 4.40. The Morgan fingerprint density at radius 1 is 1.25 bits per heavy atom. The third kappa shape index (κ3) is 3.74. The van der Waals surface area contributed by atoms with Crippen LogP contribution < -0.4 is 5.32 Å². The van der Waals surface area contributed by atoms with E-state index in [1.807, 2.05) is 6.07 Å². The Morgan fingerprint density at radius 3 is 2.50 bits per heavy atom. The van der Waals surface area contributed by atoms with Crippen LogP contribution in [0.3, 0.4) is 0 Å². The third-order valence-electron chi connectivity index (χ3n) is 2.75. The van der Waals surface area contributed by atoms with Crippen molar-refractivity contribution in [3.05, 3.63) is 18.1 Å². The van der Waals surface area contributed by atoms with Gasteiger partial charge in [-0.3, -0.25) is 0 Å². The minimum atomic E-state index is 0.397. The largest absolute Gasteiger partial charge is 0.367 e. The molecule has 0 aliphatic heterocycles. The molecule has 0 spiro atoms. The quantitative estimate of drug-likeness (QED) is 0.843. The van der Waals surface area contributed by atoms with Gasteiger partial charge in [0.2, 0.25) is 0 Å². The molecule has 3 nitrogen and oxygen atoms in total. The number of nitrogens with zero attached hydrogens (tertiary/aromatic N) is 2. The van der Waals surface area contributed by atoms with Gasteiger partial charge in [-0.2, -0.15) is 0 Å². The van der Waals surface area contributed by atoms with Gasteiger partial charge in [0.1, 0.15) is 12.1 Å². The fourth-order valence-electron chi connectivity index (χ4n) is 1.28. The maximum atomic E-state index is 4.25. The van der Waals surface area contributed by atoms with Gasteiger partial charge in [0.05, 0.1) is 0 Å². The zero-order chi connectivity index (χ0) is 12.1. The molecule has 0 saturated carbocycles. The second-order valence-electron chi connectivity index (χ2n) is 4.55. The lowest BCUT2D eigenvalue weighted by molar-refractivity contribution is 0.570. The summed E-state index contributed by atoms with van der Waals surface area (Å²) < 4.78 is 0. The van der Waals surface area contributed by atoms with E-state index >= 15 is 0 Å². The molecule has 2 unspecified atom stereocenters. The molecule has 2 atom stereocenters. The van der Waals surface area contributed by atoms with Gasteiger partial charge in [0, 0.05) is 23.1 Å². The van der Waals surface area contributed by atoms with Gasteiger partial charge in [-0.15, -0.1) is 0 Å². The van der Waals surface area contributed by atoms with Crippen LogP contribution in [-0.4, -0.2) is 21.3 Å². The highest BCUT2D eigenvalue weighted by molar-refractivity contribution is 9.09. The molecular formula is C12H20BrN3. The van der Waals surface area contributed by atoms with Crippen molar-refractivity contribution in [1.82, 2.24) is 9.97 Å². The van der Waals surface area contributed by atoms with Gasteiger partial charge in [0.15, 0.2) is 0 Å². The Labute approximate surface area is 106 Å². The van der Waals surface area contributed by atoms with E-state index in [1.54, 1.807) is 6.33 Å². The molecule has 1 aromatic rings. The van der Waals surface area contributed by atoms with Gasteiger partial charge in [-0.25, -0.2) is 9.97 Å². The molecule has 0 bridgehead atoms. The summed E-state index contributed by atoms with van der Waals surface area (Å²) in [4.78, 5) is 8.49. The van der Waals surface area contributed by atoms with Crippen LogP contribution in [0.4, 0.5) is 5.82 Å². The first-order chi connectivity index (χ1) is 7.54. The molecule has 0 fully saturated rings. The van der Waals surface area contributed by atoms with E-state index in [9.17, 15) is 0 Å². The zero-order valence-corrected chi connectivity index (χ0v) is 12.0. The molecule has 0 aliphatic carbocycles. The summed E-state index contributed by atoms with van der Waals surface area (Å²) in [5.74, 6) is 1.92. The molecule has 1 N–H and O–H groups in total. The van der Waals surface area contributed by atoms with Crippen molar-refractivity contribution in [2.75, 3.05) is 10.6 Å². The van der Waals surface area contributed by atoms with Crippen molar-refractivity contribution in [3.63, 3.8) is 0 Å². The Bertz CT molecular complexity index is 328. The van der Waals surface area contributed by atoms with Crippen LogP contribution in [0.25, 0.3) is 0 Å². The fraction of sp³-hybridized carbons (Fsp3) is 0.667. The highest BCUT2D eigenvalue weighted by atomic mass is 79.9. The fourth-order valence-corrected chi connectivity index (χ4v) is 1.84. The number of anilines is 1. The Kier molecular flexibility index (Phi) is 5.19. The predicted octanol–water partition coefficient (Wildman–Crippen LogP) is 3.43. The molecule has 0 aromatic carbocycles. The number of nitrogens with one attached hydrogen (secondary N) is 1. The van der Waals surface area contributed by atoms with E-state index in [0.29, 0.717) is 17.9 Å². The second-order valence-corrected chi connectivity index (χ2v) is 5.19. The summed E-state index contributed by atoms with van der Waals surface area (Å²) in [7, 11) is 0. The normalized spacial score (nSPS) is 14.9. The van der Waals surface area contributed by atoms with Crippen molar-refractivity contribution in [2.45, 2.75) is 39.7 Å². The van der Waals surface area contributed by atoms with Crippen LogP contribution in [0.2, 0.25) is 0 Å². The van der Waals surface area contributed by atoms with Crippen molar-refractivity contribution in [3.8, 4) is 0 Å². The zero-order valence-electron chi connectivity index (χ0n) is 10.4. The van der Waals surface area contributed by atoms with Crippen LogP contribution in [0.1, 0.15) is 39.3 Å². The van der Waals surface area contributed by atoms with E-state index in [4.69, 9.17) is 0 Å². The van der Waals surface area contributed by atoms with Crippen molar-refractivity contribution in [1.29, 1.82) is 0 Å². The molecule has 0 amide bonds. The maximum absolute atomic E-state index is 4.25. The van der Waals surface area contributed by atoms with Gasteiger partial charge < -0.3 is 5.32 Å². The summed E-state index contributed by atoms with van der Waals surface area (Å²) in [5.41, 5.74) is 1.08. The Balaban J connectivity index is 2.70. The van der Waals surface area contributed by atoms with Crippen LogP contribution in [-0.2, 0) is 0 Å². The molecule has 1 rings (SSSR count). The van der Waals surface area contributed by atoms with Crippen molar-refractivity contribution < 1.29 is 0 Å². The first-order valence-electron chi connectivity index (χ1n) is 5.69. The van der Waals surface area contributed by atoms with Crippen LogP contribution in [0.5, 0.6) is 0 Å². The molecule has 0 aliphatic rings. The monoisotopic (exact) mass is 285 g/mol. The average molecular weight is 286 g/mol. The Hall–Kier alpha value is -0.640. The minimum absolute atomic E-state index is 0.397. The highest BCUT2D eigenvalue weighted by Gasteiger charge is 2.11. The Morgan fingerprint density at radius 2 is 1.94 bits per heavy atom. The number of alkyl halides is 1. The summed E-state index contributed by atoms with van der Waals surface area (Å²) in [6.45, 7) is 8.65. The lowest BCUT2D eigenvalue weighted by Gasteiger charge is -2.20. The van der Waals surface area contributed by atoms with E-state index in [-0.39, 0.29) is 0 Å². The number of halogens is 1. The van der Waals surface area contributed by atoms with Crippen molar-refractivity contribution in [2.24, 2.45) is 5.92 Å². The first-order valence-corrected chi connectivity index (χ1v) is 6.81. The topological polar surface area (TPSA) is 37.8 Å². The highest BCUT2D eigenvalue weighted by Crippen LogP contribution is 2.16. The van der Waals surface area contributed by atoms with Gasteiger partial charge in [-0.05, 0) is 18.8 Å². The molecule has 0 radical (unpaired) electrons. The predicted molar refractivity (Wildman–Crippen MR) is 72.2 cm³/mol. The van der Waals surface area contributed by atoms with Gasteiger partial charge >= 0.3 is 0 Å². The standard InChI is InChI=1S/C12H20BrN3/c1-8(2)11-5-12(15-7-14-11)16-10(4)9(3)6-13/h5,7-10H,6H2,1-4H3,(H,14,15,16). The van der Waals surface area contributed by atoms with Crippen LogP contribution >= 0.6 is 15.9 Å². The third-order valence-corrected chi connectivity index (χ3v) is 3.77. The molecule has 1 aromatic heterocycles. The molecule has 90 valence electrons. The summed E-state index contributed by atoms with van der Waals surface area (Å²) in [6, 6.07) is 2.43. The number of hydrogen-bond acceptors (Lipinski definition) is 3. The lowest BCUT2D eigenvalue weighted by Crippen LogP contribution is -2.25. The number of hydrogen-bond donors (Lipinski definition) is 1. The summed E-state index contributed by atoms with van der Waals surface area (Å²) in [6.07, 6.45) is 1.63. The average Bonchev–Trinajstić information content (AvgIpc) is 2.28.